The standard InChI is InChI=1S/C17H17BrN2O4.C16H14BrClN2O4/c1-10-5-3-4-6-11(10)13(9-15(21)22)20-17(23)12-7-8-14(24-2)16(18)19-12;1-24-13-7-6-11(19-15(13)17)16(23)20-12(8-14(21)22)9-4-2-3-5-10(9)18/h3-8,13H,9H2,1-2H3,(H,20,23)(H,21,22);2-7,12H,8H2,1H3,(H,20,23)(H,21,22)/t13-;12-/m00/s1. The predicted molar refractivity (Wildman–Crippen MR) is 185 cm³/mol. The summed E-state index contributed by atoms with van der Waals surface area (Å²) in [7, 11) is 2.99. The SMILES string of the molecule is COc1ccc(C(=O)N[C@@H](CC(=O)O)c2ccccc2C)nc1Br.COc1ccc(C(=O)N[C@@H](CC(=O)O)c2ccccc2Cl)nc1Br. The van der Waals surface area contributed by atoms with E-state index in [1.165, 1.54) is 26.4 Å². The first kappa shape index (κ1) is 37.9. The van der Waals surface area contributed by atoms with Gasteiger partial charge in [0.1, 0.15) is 20.6 Å². The van der Waals surface area contributed by atoms with E-state index >= 15 is 0 Å². The van der Waals surface area contributed by atoms with Gasteiger partial charge in [-0.05, 0) is 85.8 Å². The molecule has 252 valence electrons. The van der Waals surface area contributed by atoms with Crippen LogP contribution >= 0.6 is 43.5 Å². The van der Waals surface area contributed by atoms with E-state index in [-0.39, 0.29) is 24.2 Å². The molecule has 2 heterocycles. The van der Waals surface area contributed by atoms with Gasteiger partial charge in [-0.15, -0.1) is 0 Å². The van der Waals surface area contributed by atoms with Gasteiger partial charge in [0.15, 0.2) is 11.5 Å². The average molecular weight is 807 g/mol. The molecule has 0 aliphatic heterocycles. The molecule has 0 aliphatic carbocycles. The second kappa shape index (κ2) is 18.1. The summed E-state index contributed by atoms with van der Waals surface area (Å²) in [4.78, 5) is 55.3. The van der Waals surface area contributed by atoms with E-state index in [0.717, 1.165) is 11.1 Å². The lowest BCUT2D eigenvalue weighted by Gasteiger charge is -2.19. The Bertz CT molecular complexity index is 1660. The van der Waals surface area contributed by atoms with Crippen LogP contribution in [0.25, 0.3) is 0 Å². The number of amides is 2. The molecule has 0 spiro atoms. The van der Waals surface area contributed by atoms with Crippen LogP contribution in [0.1, 0.15) is 62.6 Å². The minimum absolute atomic E-state index is 0.130. The van der Waals surface area contributed by atoms with Crippen LogP contribution in [0.2, 0.25) is 5.02 Å². The zero-order valence-electron chi connectivity index (χ0n) is 25.9. The fraction of sp³-hybridized carbons (Fsp3) is 0.212. The molecule has 2 amide bonds. The van der Waals surface area contributed by atoms with E-state index in [4.69, 9.17) is 31.3 Å². The van der Waals surface area contributed by atoms with Crippen LogP contribution in [0.3, 0.4) is 0 Å². The van der Waals surface area contributed by atoms with Gasteiger partial charge in [-0.1, -0.05) is 54.1 Å². The Morgan fingerprint density at radius 3 is 1.52 bits per heavy atom. The molecular formula is C33H31Br2ClN4O8. The lowest BCUT2D eigenvalue weighted by Crippen LogP contribution is -2.31. The number of carbonyl (C=O) groups excluding carboxylic acids is 2. The van der Waals surface area contributed by atoms with Gasteiger partial charge in [0, 0.05) is 5.02 Å². The first-order valence-corrected chi connectivity index (χ1v) is 16.1. The van der Waals surface area contributed by atoms with Crippen LogP contribution < -0.4 is 20.1 Å². The van der Waals surface area contributed by atoms with Gasteiger partial charge in [0.05, 0.1) is 39.1 Å². The van der Waals surface area contributed by atoms with Crippen molar-refractivity contribution >= 4 is 67.2 Å². The van der Waals surface area contributed by atoms with E-state index in [0.29, 0.717) is 31.3 Å². The highest BCUT2D eigenvalue weighted by atomic mass is 79.9. The van der Waals surface area contributed by atoms with E-state index in [2.05, 4.69) is 52.5 Å². The molecule has 0 fully saturated rings. The average Bonchev–Trinajstić information content (AvgIpc) is 3.04. The van der Waals surface area contributed by atoms with Crippen molar-refractivity contribution in [3.63, 3.8) is 0 Å². The number of ether oxygens (including phenoxy) is 2. The van der Waals surface area contributed by atoms with Crippen molar-refractivity contribution < 1.29 is 38.9 Å². The van der Waals surface area contributed by atoms with Crippen LogP contribution in [0.4, 0.5) is 0 Å². The number of hydrogen-bond acceptors (Lipinski definition) is 8. The first-order valence-electron chi connectivity index (χ1n) is 14.1. The number of pyridine rings is 2. The molecular weight excluding hydrogens is 776 g/mol. The molecule has 0 aliphatic rings. The molecule has 2 aromatic heterocycles. The molecule has 2 aromatic carbocycles. The lowest BCUT2D eigenvalue weighted by atomic mass is 9.98. The fourth-order valence-electron chi connectivity index (χ4n) is 4.43. The molecule has 15 heteroatoms. The second-order valence-electron chi connectivity index (χ2n) is 10.0. The number of aliphatic carboxylic acids is 2. The zero-order valence-corrected chi connectivity index (χ0v) is 29.8. The molecule has 0 unspecified atom stereocenters. The van der Waals surface area contributed by atoms with Gasteiger partial charge in [-0.3, -0.25) is 19.2 Å². The summed E-state index contributed by atoms with van der Waals surface area (Å²) >= 11 is 12.5. The molecule has 0 saturated heterocycles. The number of methoxy groups -OCH3 is 2. The van der Waals surface area contributed by atoms with Crippen LogP contribution in [-0.4, -0.2) is 58.2 Å². The zero-order chi connectivity index (χ0) is 35.4. The largest absolute Gasteiger partial charge is 0.494 e. The van der Waals surface area contributed by atoms with E-state index < -0.39 is 35.8 Å². The Morgan fingerprint density at radius 1 is 0.708 bits per heavy atom. The quantitative estimate of drug-likeness (QED) is 0.115. The van der Waals surface area contributed by atoms with Crippen molar-refractivity contribution in [2.45, 2.75) is 31.8 Å². The summed E-state index contributed by atoms with van der Waals surface area (Å²) in [5.74, 6) is -2.01. The van der Waals surface area contributed by atoms with Crippen molar-refractivity contribution in [3.05, 3.63) is 115 Å². The lowest BCUT2D eigenvalue weighted by molar-refractivity contribution is -0.138. The number of carbonyl (C=O) groups is 4. The maximum Gasteiger partial charge on any atom is 0.305 e. The summed E-state index contributed by atoms with van der Waals surface area (Å²) in [6.07, 6.45) is -0.513. The Kier molecular flexibility index (Phi) is 14.3. The fourth-order valence-corrected chi connectivity index (χ4v) is 5.66. The van der Waals surface area contributed by atoms with Crippen molar-refractivity contribution in [2.24, 2.45) is 0 Å². The summed E-state index contributed by atoms with van der Waals surface area (Å²) in [6.45, 7) is 1.87. The minimum atomic E-state index is -1.05. The van der Waals surface area contributed by atoms with Crippen molar-refractivity contribution in [3.8, 4) is 11.5 Å². The van der Waals surface area contributed by atoms with Crippen LogP contribution in [0.5, 0.6) is 11.5 Å². The minimum Gasteiger partial charge on any atom is -0.494 e. The van der Waals surface area contributed by atoms with Crippen LogP contribution in [0.15, 0.2) is 82.0 Å². The highest BCUT2D eigenvalue weighted by molar-refractivity contribution is 9.10. The number of nitrogens with one attached hydrogen (secondary N) is 2. The molecule has 4 aromatic rings. The molecule has 2 atom stereocenters. The van der Waals surface area contributed by atoms with Crippen molar-refractivity contribution in [2.75, 3.05) is 14.2 Å². The van der Waals surface area contributed by atoms with Gasteiger partial charge < -0.3 is 30.3 Å². The Hall–Kier alpha value is -4.53. The number of hydrogen-bond donors (Lipinski definition) is 4. The van der Waals surface area contributed by atoms with Crippen molar-refractivity contribution in [1.29, 1.82) is 0 Å². The van der Waals surface area contributed by atoms with E-state index in [9.17, 15) is 19.2 Å². The third-order valence-electron chi connectivity index (χ3n) is 6.75. The van der Waals surface area contributed by atoms with E-state index in [1.54, 1.807) is 42.5 Å². The molecule has 0 bridgehead atoms. The number of halogens is 3. The topological polar surface area (TPSA) is 177 Å². The normalized spacial score (nSPS) is 11.6. The van der Waals surface area contributed by atoms with Gasteiger partial charge in [0.25, 0.3) is 11.8 Å². The highest BCUT2D eigenvalue weighted by Crippen LogP contribution is 2.27. The number of nitrogens with zero attached hydrogens (tertiary/aromatic N) is 2. The Morgan fingerprint density at radius 2 is 1.12 bits per heavy atom. The maximum absolute atomic E-state index is 12.4. The number of aromatic nitrogens is 2. The number of carboxylic acids is 2. The van der Waals surface area contributed by atoms with Gasteiger partial charge >= 0.3 is 11.9 Å². The third-order valence-corrected chi connectivity index (χ3v) is 8.23. The van der Waals surface area contributed by atoms with E-state index in [1.807, 2.05) is 25.1 Å². The number of benzene rings is 2. The molecule has 0 radical (unpaired) electrons. The number of rotatable bonds is 12. The molecule has 4 N–H and O–H groups in total. The summed E-state index contributed by atoms with van der Waals surface area (Å²) < 4.78 is 10.9. The molecule has 48 heavy (non-hydrogen) atoms. The summed E-state index contributed by atoms with van der Waals surface area (Å²) in [5.41, 5.74) is 2.51. The monoisotopic (exact) mass is 804 g/mol. The first-order chi connectivity index (χ1) is 22.8. The predicted octanol–water partition coefficient (Wildman–Crippen LogP) is 6.56. The smallest absolute Gasteiger partial charge is 0.305 e. The Balaban J connectivity index is 0.000000260. The third kappa shape index (κ3) is 10.8. The van der Waals surface area contributed by atoms with Crippen LogP contribution in [-0.2, 0) is 9.59 Å². The number of carboxylic acid groups (broad SMARTS) is 2. The van der Waals surface area contributed by atoms with Gasteiger partial charge in [-0.2, -0.15) is 0 Å². The molecule has 0 saturated carbocycles. The maximum atomic E-state index is 12.4. The second-order valence-corrected chi connectivity index (χ2v) is 11.9. The summed E-state index contributed by atoms with van der Waals surface area (Å²) in [5, 5.41) is 24.0. The van der Waals surface area contributed by atoms with Crippen molar-refractivity contribution in [1.82, 2.24) is 20.6 Å². The van der Waals surface area contributed by atoms with Gasteiger partial charge in [0.2, 0.25) is 0 Å². The molecule has 4 rings (SSSR count). The van der Waals surface area contributed by atoms with Crippen LogP contribution in [0, 0.1) is 6.92 Å². The highest BCUT2D eigenvalue weighted by Gasteiger charge is 2.23. The van der Waals surface area contributed by atoms with Gasteiger partial charge in [-0.25, -0.2) is 9.97 Å². The summed E-state index contributed by atoms with van der Waals surface area (Å²) in [6, 6.07) is 18.9. The Labute approximate surface area is 298 Å². The molecule has 12 nitrogen and oxygen atoms in total. The number of aryl methyl sites for hydroxylation is 1.